The Hall–Kier alpha value is -3.47. The maximum atomic E-state index is 12.0. The van der Waals surface area contributed by atoms with Crippen LogP contribution in [0.5, 0.6) is 11.5 Å². The number of fused-ring (bicyclic) bond motifs is 3. The van der Waals surface area contributed by atoms with Gasteiger partial charge in [0.05, 0.1) is 12.1 Å². The summed E-state index contributed by atoms with van der Waals surface area (Å²) in [5, 5.41) is 14.4. The molecule has 0 saturated heterocycles. The molecule has 26 heavy (non-hydrogen) atoms. The van der Waals surface area contributed by atoms with Crippen molar-refractivity contribution < 1.29 is 19.1 Å². The number of ether oxygens (including phenoxy) is 1. The van der Waals surface area contributed by atoms with Gasteiger partial charge >= 0.3 is 0 Å². The number of nitrogens with one attached hydrogen (secondary N) is 1. The molecule has 5 nitrogen and oxygen atoms in total. The lowest BCUT2D eigenvalue weighted by atomic mass is 10.1. The van der Waals surface area contributed by atoms with Crippen molar-refractivity contribution in [2.75, 3.05) is 13.2 Å². The van der Waals surface area contributed by atoms with Crippen LogP contribution in [0.4, 0.5) is 0 Å². The van der Waals surface area contributed by atoms with Gasteiger partial charge in [0.1, 0.15) is 29.3 Å². The van der Waals surface area contributed by atoms with Crippen LogP contribution in [0.25, 0.3) is 21.9 Å². The van der Waals surface area contributed by atoms with E-state index < -0.39 is 0 Å². The maximum Gasteiger partial charge on any atom is 0.255 e. The van der Waals surface area contributed by atoms with Crippen LogP contribution in [0, 0.1) is 0 Å². The number of hydrogen-bond donors (Lipinski definition) is 2. The first-order chi connectivity index (χ1) is 12.7. The van der Waals surface area contributed by atoms with E-state index in [1.807, 2.05) is 42.5 Å². The van der Waals surface area contributed by atoms with E-state index in [1.165, 1.54) is 6.07 Å². The second-order valence-corrected chi connectivity index (χ2v) is 5.88. The summed E-state index contributed by atoms with van der Waals surface area (Å²) in [5.74, 6) is 0.340. The molecule has 5 heteroatoms. The van der Waals surface area contributed by atoms with Crippen LogP contribution >= 0.6 is 0 Å². The largest absolute Gasteiger partial charge is 0.507 e. The number of furan rings is 1. The summed E-state index contributed by atoms with van der Waals surface area (Å²) in [6, 6.07) is 19.9. The first kappa shape index (κ1) is 16.0. The van der Waals surface area contributed by atoms with Gasteiger partial charge in [0.2, 0.25) is 0 Å². The summed E-state index contributed by atoms with van der Waals surface area (Å²) < 4.78 is 11.5. The minimum atomic E-state index is -0.331. The Balaban J connectivity index is 1.40. The van der Waals surface area contributed by atoms with Gasteiger partial charge in [-0.15, -0.1) is 0 Å². The average molecular weight is 347 g/mol. The number of amides is 1. The lowest BCUT2D eigenvalue weighted by Gasteiger charge is -2.08. The molecule has 0 saturated carbocycles. The molecule has 3 aromatic carbocycles. The molecule has 4 aromatic rings. The van der Waals surface area contributed by atoms with Gasteiger partial charge in [-0.05, 0) is 36.4 Å². The maximum absolute atomic E-state index is 12.0. The Morgan fingerprint density at radius 1 is 0.962 bits per heavy atom. The number of carbonyl (C=O) groups is 1. The molecule has 0 atom stereocenters. The number of benzene rings is 3. The van der Waals surface area contributed by atoms with Gasteiger partial charge in [-0.1, -0.05) is 30.3 Å². The van der Waals surface area contributed by atoms with Crippen molar-refractivity contribution >= 4 is 27.8 Å². The van der Waals surface area contributed by atoms with Crippen LogP contribution < -0.4 is 10.1 Å². The van der Waals surface area contributed by atoms with E-state index in [0.29, 0.717) is 18.9 Å². The van der Waals surface area contributed by atoms with E-state index in [1.54, 1.807) is 18.2 Å². The smallest absolute Gasteiger partial charge is 0.255 e. The normalized spacial score (nSPS) is 10.9. The van der Waals surface area contributed by atoms with Crippen molar-refractivity contribution in [2.45, 2.75) is 0 Å². The van der Waals surface area contributed by atoms with E-state index in [4.69, 9.17) is 9.15 Å². The summed E-state index contributed by atoms with van der Waals surface area (Å²) in [5.41, 5.74) is 1.90. The second kappa shape index (κ2) is 6.80. The van der Waals surface area contributed by atoms with Gasteiger partial charge < -0.3 is 19.6 Å². The first-order valence-electron chi connectivity index (χ1n) is 8.33. The first-order valence-corrected chi connectivity index (χ1v) is 8.33. The Kier molecular flexibility index (Phi) is 4.19. The molecule has 1 amide bonds. The molecule has 0 spiro atoms. The molecule has 0 fully saturated rings. The van der Waals surface area contributed by atoms with Crippen molar-refractivity contribution in [3.8, 4) is 11.5 Å². The second-order valence-electron chi connectivity index (χ2n) is 5.88. The third-order valence-corrected chi connectivity index (χ3v) is 4.15. The van der Waals surface area contributed by atoms with Crippen LogP contribution in [0.1, 0.15) is 10.4 Å². The minimum absolute atomic E-state index is 0.0387. The fourth-order valence-electron chi connectivity index (χ4n) is 2.89. The predicted octanol–water partition coefficient (Wildman–Crippen LogP) is 4.10. The zero-order valence-corrected chi connectivity index (χ0v) is 13.9. The van der Waals surface area contributed by atoms with E-state index in [2.05, 4.69) is 5.32 Å². The average Bonchev–Trinajstić information content (AvgIpc) is 3.03. The van der Waals surface area contributed by atoms with E-state index in [-0.39, 0.29) is 17.2 Å². The molecular weight excluding hydrogens is 330 g/mol. The molecule has 0 aliphatic carbocycles. The van der Waals surface area contributed by atoms with E-state index in [0.717, 1.165) is 21.9 Å². The van der Waals surface area contributed by atoms with Gasteiger partial charge in [-0.2, -0.15) is 0 Å². The highest BCUT2D eigenvalue weighted by Crippen LogP contribution is 2.31. The number of para-hydroxylation sites is 2. The Morgan fingerprint density at radius 3 is 2.62 bits per heavy atom. The third-order valence-electron chi connectivity index (χ3n) is 4.15. The number of hydrogen-bond acceptors (Lipinski definition) is 4. The third kappa shape index (κ3) is 3.07. The molecule has 0 unspecified atom stereocenters. The van der Waals surface area contributed by atoms with Crippen molar-refractivity contribution in [3.63, 3.8) is 0 Å². The number of phenolic OH excluding ortho intramolecular Hbond substituents is 1. The monoisotopic (exact) mass is 347 g/mol. The molecule has 130 valence electrons. The Labute approximate surface area is 149 Å². The van der Waals surface area contributed by atoms with Crippen LogP contribution in [-0.2, 0) is 0 Å². The highest BCUT2D eigenvalue weighted by molar-refractivity contribution is 6.05. The standard InChI is InChI=1S/C21H17NO4/c23-18-7-3-1-6-16(18)21(24)22-11-12-25-14-9-10-20-17(13-14)15-5-2-4-8-19(15)26-20/h1-10,13,23H,11-12H2,(H,22,24). The van der Waals surface area contributed by atoms with Crippen LogP contribution in [0.15, 0.2) is 71.1 Å². The highest BCUT2D eigenvalue weighted by atomic mass is 16.5. The zero-order chi connectivity index (χ0) is 17.9. The predicted molar refractivity (Wildman–Crippen MR) is 99.7 cm³/mol. The van der Waals surface area contributed by atoms with Crippen LogP contribution in [-0.4, -0.2) is 24.2 Å². The molecule has 2 N–H and O–H groups in total. The lowest BCUT2D eigenvalue weighted by Crippen LogP contribution is -2.28. The molecule has 1 heterocycles. The van der Waals surface area contributed by atoms with Gasteiger partial charge in [-0.25, -0.2) is 0 Å². The quantitative estimate of drug-likeness (QED) is 0.533. The fraction of sp³-hybridized carbons (Fsp3) is 0.0952. The number of aromatic hydroxyl groups is 1. The highest BCUT2D eigenvalue weighted by Gasteiger charge is 2.10. The molecule has 0 aliphatic rings. The molecule has 0 aliphatic heterocycles. The van der Waals surface area contributed by atoms with E-state index >= 15 is 0 Å². The molecule has 0 radical (unpaired) electrons. The summed E-state index contributed by atoms with van der Waals surface area (Å²) in [4.78, 5) is 12.0. The van der Waals surface area contributed by atoms with Crippen LogP contribution in [0.3, 0.4) is 0 Å². The zero-order valence-electron chi connectivity index (χ0n) is 13.9. The number of phenols is 1. The van der Waals surface area contributed by atoms with Crippen molar-refractivity contribution in [1.29, 1.82) is 0 Å². The van der Waals surface area contributed by atoms with Crippen molar-refractivity contribution in [3.05, 3.63) is 72.3 Å². The fourth-order valence-corrected chi connectivity index (χ4v) is 2.89. The molecule has 4 rings (SSSR count). The summed E-state index contributed by atoms with van der Waals surface area (Å²) in [6.45, 7) is 0.651. The van der Waals surface area contributed by atoms with Gasteiger partial charge in [-0.3, -0.25) is 4.79 Å². The minimum Gasteiger partial charge on any atom is -0.507 e. The SMILES string of the molecule is O=C(NCCOc1ccc2oc3ccccc3c2c1)c1ccccc1O. The van der Waals surface area contributed by atoms with Crippen molar-refractivity contribution in [2.24, 2.45) is 0 Å². The van der Waals surface area contributed by atoms with Gasteiger partial charge in [0.15, 0.2) is 0 Å². The molecule has 0 bridgehead atoms. The lowest BCUT2D eigenvalue weighted by molar-refractivity contribution is 0.0944. The van der Waals surface area contributed by atoms with Gasteiger partial charge in [0, 0.05) is 10.8 Å². The summed E-state index contributed by atoms with van der Waals surface area (Å²) >= 11 is 0. The Morgan fingerprint density at radius 2 is 1.73 bits per heavy atom. The van der Waals surface area contributed by atoms with Gasteiger partial charge in [0.25, 0.3) is 5.91 Å². The summed E-state index contributed by atoms with van der Waals surface area (Å²) in [7, 11) is 0. The van der Waals surface area contributed by atoms with E-state index in [9.17, 15) is 9.90 Å². The number of carbonyl (C=O) groups excluding carboxylic acids is 1. The summed E-state index contributed by atoms with van der Waals surface area (Å²) in [6.07, 6.45) is 0. The molecular formula is C21H17NO4. The number of rotatable bonds is 5. The Bertz CT molecular complexity index is 1080. The molecule has 1 aromatic heterocycles. The van der Waals surface area contributed by atoms with Crippen LogP contribution in [0.2, 0.25) is 0 Å². The van der Waals surface area contributed by atoms with Crippen molar-refractivity contribution in [1.82, 2.24) is 5.32 Å². The topological polar surface area (TPSA) is 71.7 Å².